The highest BCUT2D eigenvalue weighted by molar-refractivity contribution is 5.06. The number of nitrogens with zero attached hydrogens (tertiary/aromatic N) is 1. The second-order valence-corrected chi connectivity index (χ2v) is 5.14. The number of aryl methyl sites for hydroxylation is 1. The summed E-state index contributed by atoms with van der Waals surface area (Å²) in [7, 11) is 0. The van der Waals surface area contributed by atoms with E-state index in [9.17, 15) is 0 Å². The molecule has 0 aliphatic heterocycles. The van der Waals surface area contributed by atoms with Gasteiger partial charge in [-0.1, -0.05) is 13.8 Å². The Morgan fingerprint density at radius 2 is 2.31 bits per heavy atom. The summed E-state index contributed by atoms with van der Waals surface area (Å²) in [5.74, 6) is 1.87. The van der Waals surface area contributed by atoms with Crippen LogP contribution in [-0.2, 0) is 13.1 Å². The van der Waals surface area contributed by atoms with Crippen LogP contribution in [0.3, 0.4) is 0 Å². The smallest absolute Gasteiger partial charge is 0.0359 e. The minimum atomic E-state index is 0.856. The molecule has 0 aromatic carbocycles. The lowest BCUT2D eigenvalue weighted by atomic mass is 10.1. The number of rotatable bonds is 7. The molecule has 0 radical (unpaired) electrons. The van der Waals surface area contributed by atoms with Crippen LogP contribution in [0.5, 0.6) is 0 Å². The minimum absolute atomic E-state index is 0.856. The summed E-state index contributed by atoms with van der Waals surface area (Å²) in [6.45, 7) is 7.93. The average Bonchev–Trinajstić information content (AvgIpc) is 3.03. The van der Waals surface area contributed by atoms with Gasteiger partial charge in [0.2, 0.25) is 0 Å². The Hall–Kier alpha value is -0.760. The molecule has 1 aromatic heterocycles. The average molecular weight is 220 g/mol. The van der Waals surface area contributed by atoms with Gasteiger partial charge in [0.15, 0.2) is 0 Å². The Morgan fingerprint density at radius 3 is 3.00 bits per heavy atom. The Kier molecular flexibility index (Phi) is 4.05. The number of hydrogen-bond donors (Lipinski definition) is 1. The van der Waals surface area contributed by atoms with E-state index in [4.69, 9.17) is 0 Å². The third-order valence-corrected chi connectivity index (χ3v) is 3.59. The van der Waals surface area contributed by atoms with E-state index in [-0.39, 0.29) is 0 Å². The van der Waals surface area contributed by atoms with Gasteiger partial charge in [-0.15, -0.1) is 0 Å². The molecule has 16 heavy (non-hydrogen) atoms. The molecule has 1 unspecified atom stereocenters. The molecule has 1 atom stereocenters. The zero-order valence-corrected chi connectivity index (χ0v) is 10.6. The molecule has 1 N–H and O–H groups in total. The molecule has 1 aromatic rings. The topological polar surface area (TPSA) is 17.0 Å². The van der Waals surface area contributed by atoms with Gasteiger partial charge in [0.1, 0.15) is 0 Å². The van der Waals surface area contributed by atoms with Gasteiger partial charge in [-0.05, 0) is 49.8 Å². The number of aromatic nitrogens is 1. The monoisotopic (exact) mass is 220 g/mol. The van der Waals surface area contributed by atoms with Crippen LogP contribution in [0.2, 0.25) is 0 Å². The zero-order valence-electron chi connectivity index (χ0n) is 10.6. The molecule has 1 saturated carbocycles. The second kappa shape index (κ2) is 5.53. The third kappa shape index (κ3) is 3.11. The highest BCUT2D eigenvalue weighted by atomic mass is 15.0. The molecule has 0 amide bonds. The molecule has 90 valence electrons. The van der Waals surface area contributed by atoms with Crippen molar-refractivity contribution in [1.29, 1.82) is 0 Å². The minimum Gasteiger partial charge on any atom is -0.350 e. The first-order chi connectivity index (χ1) is 7.81. The first-order valence-electron chi connectivity index (χ1n) is 6.66. The third-order valence-electron chi connectivity index (χ3n) is 3.59. The van der Waals surface area contributed by atoms with Crippen LogP contribution in [0.15, 0.2) is 18.3 Å². The SMILES string of the molecule is CCCn1cccc1CNCC(C)C1CC1. The van der Waals surface area contributed by atoms with Crippen molar-refractivity contribution in [1.82, 2.24) is 9.88 Å². The van der Waals surface area contributed by atoms with Crippen LogP contribution in [-0.4, -0.2) is 11.1 Å². The van der Waals surface area contributed by atoms with E-state index in [1.54, 1.807) is 0 Å². The maximum absolute atomic E-state index is 3.59. The van der Waals surface area contributed by atoms with E-state index >= 15 is 0 Å². The molecular formula is C14H24N2. The molecule has 2 heteroatoms. The fourth-order valence-corrected chi connectivity index (χ4v) is 2.33. The van der Waals surface area contributed by atoms with Crippen LogP contribution in [0, 0.1) is 11.8 Å². The van der Waals surface area contributed by atoms with Gasteiger partial charge < -0.3 is 9.88 Å². The molecule has 2 rings (SSSR count). The summed E-state index contributed by atoms with van der Waals surface area (Å²) in [6, 6.07) is 4.38. The van der Waals surface area contributed by atoms with Crippen LogP contribution in [0.25, 0.3) is 0 Å². The van der Waals surface area contributed by atoms with Gasteiger partial charge in [0, 0.05) is 25.0 Å². The summed E-state index contributed by atoms with van der Waals surface area (Å²) < 4.78 is 2.36. The molecule has 0 spiro atoms. The Morgan fingerprint density at radius 1 is 1.50 bits per heavy atom. The van der Waals surface area contributed by atoms with Crippen LogP contribution in [0.4, 0.5) is 0 Å². The molecule has 1 heterocycles. The van der Waals surface area contributed by atoms with Gasteiger partial charge in [0.05, 0.1) is 0 Å². The predicted molar refractivity (Wildman–Crippen MR) is 68.3 cm³/mol. The van der Waals surface area contributed by atoms with Crippen molar-refractivity contribution in [2.24, 2.45) is 11.8 Å². The predicted octanol–water partition coefficient (Wildman–Crippen LogP) is 3.03. The van der Waals surface area contributed by atoms with E-state index in [1.165, 1.54) is 31.5 Å². The highest BCUT2D eigenvalue weighted by Gasteiger charge is 2.27. The van der Waals surface area contributed by atoms with E-state index in [2.05, 4.69) is 42.1 Å². The molecule has 0 saturated heterocycles. The molecule has 2 nitrogen and oxygen atoms in total. The summed E-state index contributed by atoms with van der Waals surface area (Å²) in [5, 5.41) is 3.59. The quantitative estimate of drug-likeness (QED) is 0.747. The molecule has 1 aliphatic rings. The first kappa shape index (κ1) is 11.7. The maximum atomic E-state index is 3.59. The van der Waals surface area contributed by atoms with E-state index in [1.807, 2.05) is 0 Å². The molecule has 0 bridgehead atoms. The fraction of sp³-hybridized carbons (Fsp3) is 0.714. The van der Waals surface area contributed by atoms with E-state index in [0.717, 1.165) is 24.9 Å². The Labute approximate surface area is 99.0 Å². The normalized spacial score (nSPS) is 17.6. The Bertz CT molecular complexity index is 312. The van der Waals surface area contributed by atoms with E-state index < -0.39 is 0 Å². The van der Waals surface area contributed by atoms with Crippen LogP contribution in [0.1, 0.15) is 38.8 Å². The van der Waals surface area contributed by atoms with Crippen molar-refractivity contribution in [3.05, 3.63) is 24.0 Å². The number of nitrogens with one attached hydrogen (secondary N) is 1. The van der Waals surface area contributed by atoms with Crippen molar-refractivity contribution in [2.45, 2.75) is 46.2 Å². The first-order valence-corrected chi connectivity index (χ1v) is 6.66. The number of hydrogen-bond acceptors (Lipinski definition) is 1. The van der Waals surface area contributed by atoms with Crippen LogP contribution >= 0.6 is 0 Å². The van der Waals surface area contributed by atoms with Crippen molar-refractivity contribution in [3.8, 4) is 0 Å². The van der Waals surface area contributed by atoms with Crippen molar-refractivity contribution in [3.63, 3.8) is 0 Å². The highest BCUT2D eigenvalue weighted by Crippen LogP contribution is 2.36. The van der Waals surface area contributed by atoms with Gasteiger partial charge in [0.25, 0.3) is 0 Å². The van der Waals surface area contributed by atoms with E-state index in [0.29, 0.717) is 0 Å². The van der Waals surface area contributed by atoms with Gasteiger partial charge in [-0.2, -0.15) is 0 Å². The fourth-order valence-electron chi connectivity index (χ4n) is 2.33. The largest absolute Gasteiger partial charge is 0.350 e. The van der Waals surface area contributed by atoms with Crippen molar-refractivity contribution >= 4 is 0 Å². The van der Waals surface area contributed by atoms with Gasteiger partial charge in [-0.25, -0.2) is 0 Å². The summed E-state index contributed by atoms with van der Waals surface area (Å²) in [4.78, 5) is 0. The summed E-state index contributed by atoms with van der Waals surface area (Å²) in [5.41, 5.74) is 1.42. The lowest BCUT2D eigenvalue weighted by Crippen LogP contribution is -2.23. The van der Waals surface area contributed by atoms with Crippen molar-refractivity contribution in [2.75, 3.05) is 6.54 Å². The van der Waals surface area contributed by atoms with Crippen LogP contribution < -0.4 is 5.32 Å². The Balaban J connectivity index is 1.73. The summed E-state index contributed by atoms with van der Waals surface area (Å²) >= 11 is 0. The zero-order chi connectivity index (χ0) is 11.4. The molecular weight excluding hydrogens is 196 g/mol. The molecule has 1 aliphatic carbocycles. The maximum Gasteiger partial charge on any atom is 0.0359 e. The van der Waals surface area contributed by atoms with Gasteiger partial charge >= 0.3 is 0 Å². The lowest BCUT2D eigenvalue weighted by Gasteiger charge is -2.13. The lowest BCUT2D eigenvalue weighted by molar-refractivity contribution is 0.455. The molecule has 1 fully saturated rings. The standard InChI is InChI=1S/C14H24N2/c1-3-8-16-9-4-5-14(16)11-15-10-12(2)13-6-7-13/h4-5,9,12-13,15H,3,6-8,10-11H2,1-2H3. The van der Waals surface area contributed by atoms with Crippen molar-refractivity contribution < 1.29 is 0 Å². The van der Waals surface area contributed by atoms with Gasteiger partial charge in [-0.3, -0.25) is 0 Å². The summed E-state index contributed by atoms with van der Waals surface area (Å²) in [6.07, 6.45) is 6.30. The second-order valence-electron chi connectivity index (χ2n) is 5.14.